The number of nitrogens with two attached hydrogens (primary N) is 1. The fourth-order valence-electron chi connectivity index (χ4n) is 1.96. The van der Waals surface area contributed by atoms with E-state index in [2.05, 4.69) is 45.8 Å². The number of rotatable bonds is 3. The molecular formula is C13H25N3. The molecule has 0 fully saturated rings. The van der Waals surface area contributed by atoms with Crippen LogP contribution in [0.25, 0.3) is 0 Å². The fourth-order valence-corrected chi connectivity index (χ4v) is 1.96. The van der Waals surface area contributed by atoms with E-state index in [1.54, 1.807) is 0 Å². The SMILES string of the molecule is Cn1nc(C(C)(C)C)cc1C(C)(C)CCN. The first-order valence-corrected chi connectivity index (χ1v) is 5.93. The van der Waals surface area contributed by atoms with Crippen molar-refractivity contribution in [3.63, 3.8) is 0 Å². The van der Waals surface area contributed by atoms with Crippen LogP contribution in [0.15, 0.2) is 6.07 Å². The van der Waals surface area contributed by atoms with Gasteiger partial charge in [-0.2, -0.15) is 5.10 Å². The molecule has 0 spiro atoms. The molecule has 0 atom stereocenters. The quantitative estimate of drug-likeness (QED) is 0.854. The molecule has 0 aliphatic carbocycles. The highest BCUT2D eigenvalue weighted by molar-refractivity contribution is 5.23. The molecule has 3 nitrogen and oxygen atoms in total. The Kier molecular flexibility index (Phi) is 3.48. The van der Waals surface area contributed by atoms with Crippen molar-refractivity contribution in [1.82, 2.24) is 9.78 Å². The molecule has 2 N–H and O–H groups in total. The number of aryl methyl sites for hydroxylation is 1. The maximum absolute atomic E-state index is 5.66. The van der Waals surface area contributed by atoms with E-state index in [-0.39, 0.29) is 10.8 Å². The fraction of sp³-hybridized carbons (Fsp3) is 0.769. The minimum Gasteiger partial charge on any atom is -0.330 e. The largest absolute Gasteiger partial charge is 0.330 e. The first-order valence-electron chi connectivity index (χ1n) is 5.93. The molecule has 0 aromatic carbocycles. The van der Waals surface area contributed by atoms with Gasteiger partial charge in [0.1, 0.15) is 0 Å². The van der Waals surface area contributed by atoms with Gasteiger partial charge in [-0.25, -0.2) is 0 Å². The third-order valence-corrected chi connectivity index (χ3v) is 3.11. The molecule has 0 radical (unpaired) electrons. The topological polar surface area (TPSA) is 43.8 Å². The van der Waals surface area contributed by atoms with Gasteiger partial charge in [0.25, 0.3) is 0 Å². The van der Waals surface area contributed by atoms with E-state index >= 15 is 0 Å². The molecule has 16 heavy (non-hydrogen) atoms. The highest BCUT2D eigenvalue weighted by atomic mass is 15.3. The summed E-state index contributed by atoms with van der Waals surface area (Å²) in [6.45, 7) is 11.7. The van der Waals surface area contributed by atoms with Gasteiger partial charge in [0, 0.05) is 23.6 Å². The molecule has 1 aromatic heterocycles. The lowest BCUT2D eigenvalue weighted by molar-refractivity contribution is 0.446. The first kappa shape index (κ1) is 13.2. The summed E-state index contributed by atoms with van der Waals surface area (Å²) >= 11 is 0. The van der Waals surface area contributed by atoms with Crippen molar-refractivity contribution in [1.29, 1.82) is 0 Å². The Bertz CT molecular complexity index is 356. The van der Waals surface area contributed by atoms with Gasteiger partial charge in [-0.3, -0.25) is 4.68 Å². The van der Waals surface area contributed by atoms with Crippen LogP contribution in [0.3, 0.4) is 0 Å². The zero-order valence-electron chi connectivity index (χ0n) is 11.5. The predicted octanol–water partition coefficient (Wildman–Crippen LogP) is 2.34. The van der Waals surface area contributed by atoms with E-state index in [1.807, 2.05) is 11.7 Å². The van der Waals surface area contributed by atoms with Crippen LogP contribution in [0, 0.1) is 0 Å². The van der Waals surface area contributed by atoms with Crippen molar-refractivity contribution in [3.05, 3.63) is 17.5 Å². The summed E-state index contributed by atoms with van der Waals surface area (Å²) < 4.78 is 2.00. The molecular weight excluding hydrogens is 198 g/mol. The predicted molar refractivity (Wildman–Crippen MR) is 68.6 cm³/mol. The van der Waals surface area contributed by atoms with Gasteiger partial charge in [-0.15, -0.1) is 0 Å². The summed E-state index contributed by atoms with van der Waals surface area (Å²) in [5.74, 6) is 0. The molecule has 1 rings (SSSR count). The van der Waals surface area contributed by atoms with Crippen LogP contribution in [0.2, 0.25) is 0 Å². The van der Waals surface area contributed by atoms with Crippen molar-refractivity contribution < 1.29 is 0 Å². The van der Waals surface area contributed by atoms with Gasteiger partial charge in [0.2, 0.25) is 0 Å². The van der Waals surface area contributed by atoms with Crippen LogP contribution in [0.4, 0.5) is 0 Å². The molecule has 1 heterocycles. The molecule has 3 heteroatoms. The average Bonchev–Trinajstić information content (AvgIpc) is 2.46. The third-order valence-electron chi connectivity index (χ3n) is 3.11. The minimum atomic E-state index is 0.0972. The molecule has 0 aliphatic rings. The molecule has 0 bridgehead atoms. The molecule has 0 saturated heterocycles. The van der Waals surface area contributed by atoms with E-state index in [1.165, 1.54) is 5.69 Å². The first-order chi connectivity index (χ1) is 7.18. The molecule has 0 amide bonds. The zero-order chi connectivity index (χ0) is 12.6. The highest BCUT2D eigenvalue weighted by Crippen LogP contribution is 2.30. The summed E-state index contributed by atoms with van der Waals surface area (Å²) in [5.41, 5.74) is 8.28. The van der Waals surface area contributed by atoms with Gasteiger partial charge in [0.15, 0.2) is 0 Å². The van der Waals surface area contributed by atoms with Crippen LogP contribution >= 0.6 is 0 Å². The Morgan fingerprint density at radius 3 is 2.19 bits per heavy atom. The summed E-state index contributed by atoms with van der Waals surface area (Å²) in [7, 11) is 2.02. The Balaban J connectivity index is 3.12. The maximum Gasteiger partial charge on any atom is 0.0680 e. The van der Waals surface area contributed by atoms with Crippen LogP contribution in [-0.2, 0) is 17.9 Å². The lowest BCUT2D eigenvalue weighted by atomic mass is 9.84. The second-order valence-corrected chi connectivity index (χ2v) is 6.21. The number of nitrogens with zero attached hydrogens (tertiary/aromatic N) is 2. The number of aromatic nitrogens is 2. The Labute approximate surface area is 99.0 Å². The highest BCUT2D eigenvalue weighted by Gasteiger charge is 2.27. The summed E-state index contributed by atoms with van der Waals surface area (Å²) in [6.07, 6.45) is 0.982. The van der Waals surface area contributed by atoms with Crippen LogP contribution in [0.5, 0.6) is 0 Å². The van der Waals surface area contributed by atoms with Crippen molar-refractivity contribution in [2.75, 3.05) is 6.54 Å². The molecule has 0 saturated carbocycles. The minimum absolute atomic E-state index is 0.0972. The average molecular weight is 223 g/mol. The second kappa shape index (κ2) is 4.21. The lowest BCUT2D eigenvalue weighted by Gasteiger charge is -2.23. The monoisotopic (exact) mass is 223 g/mol. The second-order valence-electron chi connectivity index (χ2n) is 6.21. The third kappa shape index (κ3) is 2.64. The van der Waals surface area contributed by atoms with Crippen molar-refractivity contribution in [2.24, 2.45) is 12.8 Å². The van der Waals surface area contributed by atoms with Gasteiger partial charge >= 0.3 is 0 Å². The van der Waals surface area contributed by atoms with Gasteiger partial charge in [-0.05, 0) is 19.0 Å². The Morgan fingerprint density at radius 1 is 1.25 bits per heavy atom. The molecule has 92 valence electrons. The van der Waals surface area contributed by atoms with Crippen molar-refractivity contribution in [3.8, 4) is 0 Å². The molecule has 1 aromatic rings. The van der Waals surface area contributed by atoms with Gasteiger partial charge in [-0.1, -0.05) is 34.6 Å². The normalized spacial score (nSPS) is 13.2. The zero-order valence-corrected chi connectivity index (χ0v) is 11.5. The molecule has 0 unspecified atom stereocenters. The smallest absolute Gasteiger partial charge is 0.0680 e. The van der Waals surface area contributed by atoms with E-state index < -0.39 is 0 Å². The van der Waals surface area contributed by atoms with Gasteiger partial charge < -0.3 is 5.73 Å². The number of hydrogen-bond donors (Lipinski definition) is 1. The summed E-state index contributed by atoms with van der Waals surface area (Å²) in [5, 5.41) is 4.61. The number of hydrogen-bond acceptors (Lipinski definition) is 2. The van der Waals surface area contributed by atoms with E-state index in [0.29, 0.717) is 6.54 Å². The Morgan fingerprint density at radius 2 is 1.81 bits per heavy atom. The standard InChI is InChI=1S/C13H25N3/c1-12(2,3)10-9-11(16(6)15-10)13(4,5)7-8-14/h9H,7-8,14H2,1-6H3. The summed E-state index contributed by atoms with van der Waals surface area (Å²) in [4.78, 5) is 0. The van der Waals surface area contributed by atoms with Gasteiger partial charge in [0.05, 0.1) is 5.69 Å². The lowest BCUT2D eigenvalue weighted by Crippen LogP contribution is -2.24. The van der Waals surface area contributed by atoms with E-state index in [0.717, 1.165) is 12.1 Å². The summed E-state index contributed by atoms with van der Waals surface area (Å²) in [6, 6.07) is 2.22. The van der Waals surface area contributed by atoms with Crippen LogP contribution < -0.4 is 5.73 Å². The van der Waals surface area contributed by atoms with Crippen molar-refractivity contribution >= 4 is 0 Å². The van der Waals surface area contributed by atoms with Crippen molar-refractivity contribution in [2.45, 2.75) is 51.9 Å². The molecule has 0 aliphatic heterocycles. The van der Waals surface area contributed by atoms with E-state index in [9.17, 15) is 0 Å². The Hall–Kier alpha value is -0.830. The van der Waals surface area contributed by atoms with E-state index in [4.69, 9.17) is 5.73 Å². The van der Waals surface area contributed by atoms with Crippen LogP contribution in [0.1, 0.15) is 52.4 Å². The maximum atomic E-state index is 5.66. The van der Waals surface area contributed by atoms with Crippen LogP contribution in [-0.4, -0.2) is 16.3 Å².